The van der Waals surface area contributed by atoms with Crippen LogP contribution in [0.1, 0.15) is 36.0 Å². The quantitative estimate of drug-likeness (QED) is 0.237. The fraction of sp³-hybridized carbons (Fsp3) is 0.273. The Labute approximate surface area is 229 Å². The zero-order chi connectivity index (χ0) is 26.8. The highest BCUT2D eigenvalue weighted by molar-refractivity contribution is 5.79. The molecule has 0 amide bonds. The van der Waals surface area contributed by atoms with E-state index < -0.39 is 6.29 Å². The van der Waals surface area contributed by atoms with Crippen molar-refractivity contribution in [1.29, 1.82) is 0 Å². The van der Waals surface area contributed by atoms with Crippen molar-refractivity contribution in [3.63, 3.8) is 0 Å². The molecule has 1 aliphatic rings. The molecule has 3 heterocycles. The summed E-state index contributed by atoms with van der Waals surface area (Å²) in [5, 5.41) is 4.66. The van der Waals surface area contributed by atoms with Crippen LogP contribution in [0.15, 0.2) is 97.1 Å². The lowest BCUT2D eigenvalue weighted by atomic mass is 9.92. The zero-order valence-corrected chi connectivity index (χ0v) is 22.7. The Bertz CT molecular complexity index is 1530. The van der Waals surface area contributed by atoms with Crippen LogP contribution in [0, 0.1) is 19.3 Å². The van der Waals surface area contributed by atoms with Crippen LogP contribution in [-0.2, 0) is 22.6 Å². The zero-order valence-electron chi connectivity index (χ0n) is 22.7. The first-order valence-corrected chi connectivity index (χ1v) is 13.5. The Morgan fingerprint density at radius 1 is 0.821 bits per heavy atom. The van der Waals surface area contributed by atoms with Crippen molar-refractivity contribution in [2.24, 2.45) is 5.41 Å². The van der Waals surface area contributed by atoms with E-state index in [0.717, 1.165) is 46.3 Å². The monoisotopic (exact) mass is 518 g/mol. The number of hydrogen-bond donors (Lipinski definition) is 0. The van der Waals surface area contributed by atoms with Crippen LogP contribution in [0.5, 0.6) is 0 Å². The van der Waals surface area contributed by atoms with E-state index in [0.29, 0.717) is 19.8 Å². The third-order valence-corrected chi connectivity index (χ3v) is 7.29. The number of rotatable bonds is 7. The fourth-order valence-corrected chi connectivity index (χ4v) is 5.34. The summed E-state index contributed by atoms with van der Waals surface area (Å²) in [5.41, 5.74) is 7.33. The number of ether oxygens (including phenoxy) is 2. The van der Waals surface area contributed by atoms with Crippen molar-refractivity contribution >= 4 is 0 Å². The molecule has 0 radical (unpaired) electrons. The SMILES string of the molecule is Cc1cc(C)n(CC2(C)COC(c3nc(-c4ccccc4)c(-c4ccccc4)n3Cc3ccccc3)OC2)n1. The largest absolute Gasteiger partial charge is 0.345 e. The molecule has 1 fully saturated rings. The van der Waals surface area contributed by atoms with Gasteiger partial charge < -0.3 is 14.0 Å². The third kappa shape index (κ3) is 5.31. The molecule has 1 saturated heterocycles. The summed E-state index contributed by atoms with van der Waals surface area (Å²) in [6, 6.07) is 33.4. The Morgan fingerprint density at radius 3 is 2.00 bits per heavy atom. The minimum Gasteiger partial charge on any atom is -0.345 e. The van der Waals surface area contributed by atoms with Gasteiger partial charge in [-0.3, -0.25) is 4.68 Å². The van der Waals surface area contributed by atoms with E-state index >= 15 is 0 Å². The normalized spacial score (nSPS) is 19.3. The van der Waals surface area contributed by atoms with Crippen LogP contribution in [0.2, 0.25) is 0 Å². The van der Waals surface area contributed by atoms with Crippen LogP contribution >= 0.6 is 0 Å². The Kier molecular flexibility index (Phi) is 6.90. The van der Waals surface area contributed by atoms with Gasteiger partial charge in [-0.25, -0.2) is 4.98 Å². The molecule has 1 aliphatic heterocycles. The number of hydrogen-bond acceptors (Lipinski definition) is 4. The van der Waals surface area contributed by atoms with Gasteiger partial charge in [0, 0.05) is 28.8 Å². The van der Waals surface area contributed by atoms with Gasteiger partial charge in [0.25, 0.3) is 0 Å². The van der Waals surface area contributed by atoms with E-state index in [1.165, 1.54) is 5.56 Å². The molecule has 0 aliphatic carbocycles. The number of nitrogens with zero attached hydrogens (tertiary/aromatic N) is 4. The predicted octanol–water partition coefficient (Wildman–Crippen LogP) is 6.83. The number of benzene rings is 3. The molecule has 0 saturated carbocycles. The topological polar surface area (TPSA) is 54.1 Å². The van der Waals surface area contributed by atoms with Crippen molar-refractivity contribution < 1.29 is 9.47 Å². The summed E-state index contributed by atoms with van der Waals surface area (Å²) in [7, 11) is 0. The van der Waals surface area contributed by atoms with Gasteiger partial charge in [0.05, 0.1) is 36.8 Å². The predicted molar refractivity (Wildman–Crippen MR) is 153 cm³/mol. The Balaban J connectivity index is 1.39. The summed E-state index contributed by atoms with van der Waals surface area (Å²) < 4.78 is 17.3. The Morgan fingerprint density at radius 2 is 1.41 bits per heavy atom. The maximum atomic E-state index is 6.47. The summed E-state index contributed by atoms with van der Waals surface area (Å²) in [6.45, 7) is 8.81. The standard InChI is InChI=1S/C33H34N4O2/c1-24-19-25(2)37(35-24)21-33(3)22-38-32(39-23-33)31-34-29(27-15-9-5-10-16-27)30(28-17-11-6-12-18-28)36(31)20-26-13-7-4-8-14-26/h4-19,32H,20-23H2,1-3H3. The molecule has 0 N–H and O–H groups in total. The summed E-state index contributed by atoms with van der Waals surface area (Å²) in [4.78, 5) is 5.22. The van der Waals surface area contributed by atoms with Gasteiger partial charge in [0.2, 0.25) is 6.29 Å². The molecule has 0 bridgehead atoms. The smallest absolute Gasteiger partial charge is 0.217 e. The van der Waals surface area contributed by atoms with Crippen LogP contribution in [-0.4, -0.2) is 32.5 Å². The van der Waals surface area contributed by atoms with Crippen LogP contribution in [0.4, 0.5) is 0 Å². The van der Waals surface area contributed by atoms with Crippen molar-refractivity contribution in [3.8, 4) is 22.5 Å². The van der Waals surface area contributed by atoms with Gasteiger partial charge in [0.15, 0.2) is 5.82 Å². The van der Waals surface area contributed by atoms with E-state index in [1.807, 2.05) is 25.1 Å². The highest BCUT2D eigenvalue weighted by Crippen LogP contribution is 2.39. The number of aromatic nitrogens is 4. The highest BCUT2D eigenvalue weighted by Gasteiger charge is 2.37. The van der Waals surface area contributed by atoms with Crippen molar-refractivity contribution in [2.75, 3.05) is 13.2 Å². The third-order valence-electron chi connectivity index (χ3n) is 7.29. The molecule has 0 atom stereocenters. The first-order chi connectivity index (χ1) is 19.0. The Hall–Kier alpha value is -4.00. The first-order valence-electron chi connectivity index (χ1n) is 13.5. The molecular formula is C33H34N4O2. The second kappa shape index (κ2) is 10.6. The van der Waals surface area contributed by atoms with Gasteiger partial charge >= 0.3 is 0 Å². The van der Waals surface area contributed by atoms with Crippen molar-refractivity contribution in [1.82, 2.24) is 19.3 Å². The summed E-state index contributed by atoms with van der Waals surface area (Å²) in [5.74, 6) is 0.782. The lowest BCUT2D eigenvalue weighted by Crippen LogP contribution is -2.40. The summed E-state index contributed by atoms with van der Waals surface area (Å²) in [6.07, 6.45) is -0.567. The van der Waals surface area contributed by atoms with Gasteiger partial charge in [0.1, 0.15) is 0 Å². The van der Waals surface area contributed by atoms with E-state index in [2.05, 4.69) is 107 Å². The number of imidazole rings is 1. The van der Waals surface area contributed by atoms with E-state index in [-0.39, 0.29) is 5.41 Å². The second-order valence-corrected chi connectivity index (χ2v) is 10.8. The first kappa shape index (κ1) is 25.3. The van der Waals surface area contributed by atoms with E-state index in [1.54, 1.807) is 0 Å². The van der Waals surface area contributed by atoms with E-state index in [9.17, 15) is 0 Å². The average Bonchev–Trinajstić information content (AvgIpc) is 3.48. The second-order valence-electron chi connectivity index (χ2n) is 10.8. The minimum atomic E-state index is -0.567. The van der Waals surface area contributed by atoms with Gasteiger partial charge in [-0.15, -0.1) is 0 Å². The average molecular weight is 519 g/mol. The molecule has 0 unspecified atom stereocenters. The molecule has 198 valence electrons. The van der Waals surface area contributed by atoms with Gasteiger partial charge in [-0.1, -0.05) is 97.9 Å². The van der Waals surface area contributed by atoms with Crippen LogP contribution in [0.3, 0.4) is 0 Å². The maximum absolute atomic E-state index is 6.47. The maximum Gasteiger partial charge on any atom is 0.217 e. The van der Waals surface area contributed by atoms with Gasteiger partial charge in [-0.2, -0.15) is 5.10 Å². The van der Waals surface area contributed by atoms with Crippen molar-refractivity contribution in [3.05, 3.63) is 120 Å². The molecule has 2 aromatic heterocycles. The molecule has 39 heavy (non-hydrogen) atoms. The molecule has 6 heteroatoms. The van der Waals surface area contributed by atoms with Crippen molar-refractivity contribution in [2.45, 2.75) is 40.2 Å². The van der Waals surface area contributed by atoms with Crippen LogP contribution < -0.4 is 0 Å². The van der Waals surface area contributed by atoms with Gasteiger partial charge in [-0.05, 0) is 25.5 Å². The molecular weight excluding hydrogens is 484 g/mol. The van der Waals surface area contributed by atoms with Crippen LogP contribution in [0.25, 0.3) is 22.5 Å². The molecule has 5 aromatic rings. The fourth-order valence-electron chi connectivity index (χ4n) is 5.34. The lowest BCUT2D eigenvalue weighted by Gasteiger charge is -2.37. The molecule has 6 rings (SSSR count). The van der Waals surface area contributed by atoms with E-state index in [4.69, 9.17) is 14.5 Å². The minimum absolute atomic E-state index is 0.193. The molecule has 0 spiro atoms. The molecule has 6 nitrogen and oxygen atoms in total. The highest BCUT2D eigenvalue weighted by atomic mass is 16.7. The number of aryl methyl sites for hydroxylation is 2. The summed E-state index contributed by atoms with van der Waals surface area (Å²) >= 11 is 0. The molecule has 3 aromatic carbocycles. The lowest BCUT2D eigenvalue weighted by molar-refractivity contribution is -0.237.